The lowest BCUT2D eigenvalue weighted by molar-refractivity contribution is -0.144. The summed E-state index contributed by atoms with van der Waals surface area (Å²) < 4.78 is 5.31. The number of rotatable bonds is 10. The van der Waals surface area contributed by atoms with Gasteiger partial charge in [-0.25, -0.2) is 4.79 Å². The van der Waals surface area contributed by atoms with Gasteiger partial charge in [-0.15, -0.1) is 0 Å². The van der Waals surface area contributed by atoms with E-state index in [0.29, 0.717) is 22.7 Å². The van der Waals surface area contributed by atoms with Gasteiger partial charge < -0.3 is 26.0 Å². The first-order chi connectivity index (χ1) is 18.1. The van der Waals surface area contributed by atoms with Crippen LogP contribution in [0.15, 0.2) is 42.5 Å². The van der Waals surface area contributed by atoms with Gasteiger partial charge >= 0.3 is 6.09 Å². The smallest absolute Gasteiger partial charge is 0.408 e. The van der Waals surface area contributed by atoms with Crippen molar-refractivity contribution in [1.82, 2.24) is 10.2 Å². The maximum atomic E-state index is 14.1. The lowest BCUT2D eigenvalue weighted by Crippen LogP contribution is -2.55. The zero-order chi connectivity index (χ0) is 29.5. The Hall–Kier alpha value is -3.59. The van der Waals surface area contributed by atoms with E-state index in [-0.39, 0.29) is 0 Å². The van der Waals surface area contributed by atoms with Crippen molar-refractivity contribution >= 4 is 41.1 Å². The number of benzene rings is 2. The Morgan fingerprint density at radius 3 is 2.18 bits per heavy atom. The molecule has 4 N–H and O–H groups in total. The number of aryl methyl sites for hydroxylation is 2. The maximum absolute atomic E-state index is 14.1. The summed E-state index contributed by atoms with van der Waals surface area (Å²) in [7, 11) is 0. The van der Waals surface area contributed by atoms with E-state index in [4.69, 9.17) is 22.1 Å². The minimum absolute atomic E-state index is 0.352. The standard InChI is InChI=1S/C29H39ClN4O5/c1-8-19(4)34(27(37)22(16-23(31)35)32-28(38)39-29(5,6)7)25(20-14-12-17(2)13-15-20)26(36)33-24-18(3)10-9-11-21(24)30/h9-15,19,22,25H,8,16H2,1-7H3,(H2,31,35)(H,32,38)(H,33,36). The van der Waals surface area contributed by atoms with Gasteiger partial charge in [0.2, 0.25) is 11.8 Å². The molecule has 0 aliphatic rings. The molecule has 0 aliphatic heterocycles. The van der Waals surface area contributed by atoms with Gasteiger partial charge in [-0.3, -0.25) is 14.4 Å². The summed E-state index contributed by atoms with van der Waals surface area (Å²) in [6.07, 6.45) is -0.867. The average molecular weight is 559 g/mol. The lowest BCUT2D eigenvalue weighted by atomic mass is 9.98. The predicted molar refractivity (Wildman–Crippen MR) is 152 cm³/mol. The molecule has 39 heavy (non-hydrogen) atoms. The van der Waals surface area contributed by atoms with Crippen LogP contribution in [0.2, 0.25) is 5.02 Å². The zero-order valence-electron chi connectivity index (χ0n) is 23.6. The van der Waals surface area contributed by atoms with E-state index in [0.717, 1.165) is 11.1 Å². The van der Waals surface area contributed by atoms with E-state index in [2.05, 4.69) is 10.6 Å². The van der Waals surface area contributed by atoms with Gasteiger partial charge in [-0.1, -0.05) is 60.5 Å². The van der Waals surface area contributed by atoms with Crippen LogP contribution < -0.4 is 16.4 Å². The van der Waals surface area contributed by atoms with E-state index in [1.165, 1.54) is 4.90 Å². The largest absolute Gasteiger partial charge is 0.444 e. The number of hydrogen-bond donors (Lipinski definition) is 3. The monoisotopic (exact) mass is 558 g/mol. The van der Waals surface area contributed by atoms with Crippen LogP contribution in [0.1, 0.15) is 70.2 Å². The maximum Gasteiger partial charge on any atom is 0.408 e. The van der Waals surface area contributed by atoms with E-state index in [1.54, 1.807) is 52.0 Å². The summed E-state index contributed by atoms with van der Waals surface area (Å²) in [6, 6.07) is 9.55. The van der Waals surface area contributed by atoms with Crippen LogP contribution in [0, 0.1) is 13.8 Å². The molecule has 0 fully saturated rings. The van der Waals surface area contributed by atoms with Crippen molar-refractivity contribution in [1.29, 1.82) is 0 Å². The van der Waals surface area contributed by atoms with Crippen molar-refractivity contribution < 1.29 is 23.9 Å². The summed E-state index contributed by atoms with van der Waals surface area (Å²) >= 11 is 6.39. The molecule has 3 unspecified atom stereocenters. The second-order valence-corrected chi connectivity index (χ2v) is 11.0. The Labute approximate surface area is 235 Å². The Morgan fingerprint density at radius 2 is 1.67 bits per heavy atom. The number of alkyl carbamates (subject to hydrolysis) is 1. The molecule has 0 radical (unpaired) electrons. The average Bonchev–Trinajstić information content (AvgIpc) is 2.82. The van der Waals surface area contributed by atoms with Gasteiger partial charge in [-0.05, 0) is 65.2 Å². The van der Waals surface area contributed by atoms with E-state index in [9.17, 15) is 19.2 Å². The summed E-state index contributed by atoms with van der Waals surface area (Å²) in [5, 5.41) is 5.72. The van der Waals surface area contributed by atoms with Crippen LogP contribution in [0.4, 0.5) is 10.5 Å². The number of carbonyl (C=O) groups is 4. The van der Waals surface area contributed by atoms with Crippen molar-refractivity contribution in [2.75, 3.05) is 5.32 Å². The molecule has 2 rings (SSSR count). The molecule has 0 saturated heterocycles. The van der Waals surface area contributed by atoms with Gasteiger partial charge in [0.15, 0.2) is 0 Å². The first kappa shape index (κ1) is 31.6. The van der Waals surface area contributed by atoms with Crippen molar-refractivity contribution in [3.8, 4) is 0 Å². The molecule has 0 saturated carbocycles. The van der Waals surface area contributed by atoms with Crippen LogP contribution in [0.3, 0.4) is 0 Å². The van der Waals surface area contributed by atoms with Gasteiger partial charge in [0, 0.05) is 6.04 Å². The summed E-state index contributed by atoms with van der Waals surface area (Å²) in [6.45, 7) is 12.4. The molecule has 3 atom stereocenters. The van der Waals surface area contributed by atoms with Crippen LogP contribution in [0.5, 0.6) is 0 Å². The third-order valence-electron chi connectivity index (χ3n) is 6.10. The molecule has 0 spiro atoms. The number of anilines is 1. The number of nitrogens with zero attached hydrogens (tertiary/aromatic N) is 1. The first-order valence-electron chi connectivity index (χ1n) is 12.9. The van der Waals surface area contributed by atoms with Crippen molar-refractivity contribution in [2.45, 2.75) is 85.0 Å². The highest BCUT2D eigenvalue weighted by Gasteiger charge is 2.39. The Morgan fingerprint density at radius 1 is 1.05 bits per heavy atom. The Kier molecular flexibility index (Phi) is 10.9. The SMILES string of the molecule is CCC(C)N(C(=O)C(CC(N)=O)NC(=O)OC(C)(C)C)C(C(=O)Nc1c(C)cccc1Cl)c1ccc(C)cc1. The quantitative estimate of drug-likeness (QED) is 0.376. The number of hydrogen-bond acceptors (Lipinski definition) is 5. The van der Waals surface area contributed by atoms with E-state index < -0.39 is 54.0 Å². The minimum atomic E-state index is -1.35. The van der Waals surface area contributed by atoms with E-state index >= 15 is 0 Å². The van der Waals surface area contributed by atoms with Crippen molar-refractivity contribution in [3.05, 3.63) is 64.2 Å². The molecule has 0 aliphatic carbocycles. The second kappa shape index (κ2) is 13.5. The lowest BCUT2D eigenvalue weighted by Gasteiger charge is -2.38. The van der Waals surface area contributed by atoms with Crippen LogP contribution in [0.25, 0.3) is 0 Å². The normalized spacial score (nSPS) is 13.5. The Balaban J connectivity index is 2.60. The molecule has 9 nitrogen and oxygen atoms in total. The third-order valence-corrected chi connectivity index (χ3v) is 6.42. The molecule has 4 amide bonds. The number of ether oxygens (including phenoxy) is 1. The Bertz CT molecular complexity index is 1170. The van der Waals surface area contributed by atoms with Crippen LogP contribution in [-0.4, -0.2) is 46.4 Å². The van der Waals surface area contributed by atoms with Crippen molar-refractivity contribution in [3.63, 3.8) is 0 Å². The van der Waals surface area contributed by atoms with Gasteiger partial charge in [0.05, 0.1) is 17.1 Å². The predicted octanol–water partition coefficient (Wildman–Crippen LogP) is 5.03. The van der Waals surface area contributed by atoms with Gasteiger partial charge in [0.1, 0.15) is 17.7 Å². The molecular weight excluding hydrogens is 520 g/mol. The molecule has 212 valence electrons. The topological polar surface area (TPSA) is 131 Å². The van der Waals surface area contributed by atoms with Crippen LogP contribution in [-0.2, 0) is 19.1 Å². The molecule has 2 aromatic rings. The number of halogens is 1. The van der Waals surface area contributed by atoms with E-state index in [1.807, 2.05) is 39.0 Å². The number of carbonyl (C=O) groups excluding carboxylic acids is 4. The summed E-state index contributed by atoms with van der Waals surface area (Å²) in [5.74, 6) is -1.94. The van der Waals surface area contributed by atoms with Crippen LogP contribution >= 0.6 is 11.6 Å². The molecule has 2 aromatic carbocycles. The summed E-state index contributed by atoms with van der Waals surface area (Å²) in [5.41, 5.74) is 7.31. The number of nitrogens with one attached hydrogen (secondary N) is 2. The fourth-order valence-corrected chi connectivity index (χ4v) is 4.26. The number of para-hydroxylation sites is 1. The molecule has 0 aromatic heterocycles. The molecule has 10 heteroatoms. The minimum Gasteiger partial charge on any atom is -0.444 e. The molecule has 0 heterocycles. The molecular formula is C29H39ClN4O5. The first-order valence-corrected chi connectivity index (χ1v) is 13.2. The highest BCUT2D eigenvalue weighted by molar-refractivity contribution is 6.34. The van der Waals surface area contributed by atoms with Crippen molar-refractivity contribution in [2.24, 2.45) is 5.73 Å². The van der Waals surface area contributed by atoms with Gasteiger partial charge in [0.25, 0.3) is 5.91 Å². The molecule has 0 bridgehead atoms. The van der Waals surface area contributed by atoms with Gasteiger partial charge in [-0.2, -0.15) is 0 Å². The third kappa shape index (κ3) is 8.99. The summed E-state index contributed by atoms with van der Waals surface area (Å²) in [4.78, 5) is 54.0. The highest BCUT2D eigenvalue weighted by Crippen LogP contribution is 2.31. The number of nitrogens with two attached hydrogens (primary N) is 1. The number of primary amides is 1. The second-order valence-electron chi connectivity index (χ2n) is 10.6. The fourth-order valence-electron chi connectivity index (χ4n) is 4.00. The fraction of sp³-hybridized carbons (Fsp3) is 0.448. The zero-order valence-corrected chi connectivity index (χ0v) is 24.4. The highest BCUT2D eigenvalue weighted by atomic mass is 35.5. The number of amides is 4.